The summed E-state index contributed by atoms with van der Waals surface area (Å²) in [5.41, 5.74) is 2.71. The molecule has 4 aliphatic rings. The molecule has 2 atom stereocenters. The summed E-state index contributed by atoms with van der Waals surface area (Å²) >= 11 is 0. The van der Waals surface area contributed by atoms with Crippen LogP contribution in [-0.4, -0.2) is 58.3 Å². The molecule has 2 aromatic rings. The predicted octanol–water partition coefficient (Wildman–Crippen LogP) is 1.51. The summed E-state index contributed by atoms with van der Waals surface area (Å²) in [5, 5.41) is 6.23. The van der Waals surface area contributed by atoms with Gasteiger partial charge < -0.3 is 20.1 Å². The van der Waals surface area contributed by atoms with E-state index >= 15 is 0 Å². The highest BCUT2D eigenvalue weighted by molar-refractivity contribution is 5.94. The zero-order valence-electron chi connectivity index (χ0n) is 18.0. The average Bonchev–Trinajstić information content (AvgIpc) is 3.37. The number of carbonyl (C=O) groups is 2. The van der Waals surface area contributed by atoms with Crippen molar-refractivity contribution in [2.24, 2.45) is 5.92 Å². The van der Waals surface area contributed by atoms with Crippen LogP contribution in [0.1, 0.15) is 29.7 Å². The van der Waals surface area contributed by atoms with Gasteiger partial charge in [-0.2, -0.15) is 0 Å². The number of fused-ring (bicyclic) bond motifs is 2. The number of amides is 2. The van der Waals surface area contributed by atoms with Crippen LogP contribution in [0, 0.1) is 18.7 Å². The van der Waals surface area contributed by atoms with Gasteiger partial charge in [-0.25, -0.2) is 19.2 Å². The zero-order chi connectivity index (χ0) is 22.7. The highest BCUT2D eigenvalue weighted by atomic mass is 19.1. The first-order chi connectivity index (χ1) is 15.9. The van der Waals surface area contributed by atoms with Crippen LogP contribution >= 0.6 is 0 Å². The third-order valence-corrected chi connectivity index (χ3v) is 6.97. The number of nitrogens with one attached hydrogen (secondary N) is 2. The van der Waals surface area contributed by atoms with Crippen LogP contribution in [0.3, 0.4) is 0 Å². The number of hydrogen-bond donors (Lipinski definition) is 2. The molecule has 2 amide bonds. The van der Waals surface area contributed by atoms with E-state index in [2.05, 4.69) is 25.6 Å². The molecular formula is C22H23FN6O4. The lowest BCUT2D eigenvalue weighted by Gasteiger charge is -2.39. The highest BCUT2D eigenvalue weighted by Crippen LogP contribution is 2.37. The second-order valence-electron chi connectivity index (χ2n) is 9.10. The van der Waals surface area contributed by atoms with Gasteiger partial charge in [0.2, 0.25) is 0 Å². The topological polar surface area (TPSA) is 119 Å². The van der Waals surface area contributed by atoms with Gasteiger partial charge in [0.05, 0.1) is 18.9 Å². The fourth-order valence-corrected chi connectivity index (χ4v) is 5.19. The van der Waals surface area contributed by atoms with Gasteiger partial charge in [0.1, 0.15) is 11.9 Å². The highest BCUT2D eigenvalue weighted by Gasteiger charge is 2.44. The van der Waals surface area contributed by atoms with E-state index in [4.69, 9.17) is 9.47 Å². The van der Waals surface area contributed by atoms with Gasteiger partial charge in [0.25, 0.3) is 11.8 Å². The standard InChI is InChI=1S/C22H23FN6O4/c1-10-14-4-13(5-15(14)16(23)6-24-10)26-12-2-11(3-12)17-8-29(22(31)33-17)18-7-25-21-20(27-18)28-19(30)9-32-21/h6-7,11-13,17,26H,2-5,8-9H2,1H3,(H,27,28,30). The first-order valence-electron chi connectivity index (χ1n) is 11.1. The minimum Gasteiger partial charge on any atom is -0.465 e. The fraction of sp³-hybridized carbons (Fsp3) is 0.500. The summed E-state index contributed by atoms with van der Waals surface area (Å²) in [5.74, 6) is 0.455. The molecule has 1 saturated carbocycles. The number of carbonyl (C=O) groups excluding carboxylic acids is 2. The summed E-state index contributed by atoms with van der Waals surface area (Å²) < 4.78 is 24.9. The molecule has 2 N–H and O–H groups in total. The van der Waals surface area contributed by atoms with Crippen molar-refractivity contribution >= 4 is 23.6 Å². The van der Waals surface area contributed by atoms with E-state index in [-0.39, 0.29) is 48.1 Å². The Hall–Kier alpha value is -3.34. The Morgan fingerprint density at radius 2 is 1.97 bits per heavy atom. The van der Waals surface area contributed by atoms with Crippen molar-refractivity contribution in [3.05, 3.63) is 35.0 Å². The summed E-state index contributed by atoms with van der Waals surface area (Å²) in [6.07, 6.45) is 5.28. The number of nitrogens with zero attached hydrogens (tertiary/aromatic N) is 4. The van der Waals surface area contributed by atoms with Crippen molar-refractivity contribution in [3.63, 3.8) is 0 Å². The molecule has 2 aromatic heterocycles. The smallest absolute Gasteiger partial charge is 0.416 e. The molecule has 4 heterocycles. The average molecular weight is 454 g/mol. The second kappa shape index (κ2) is 7.62. The number of halogens is 1. The number of aromatic nitrogens is 3. The lowest BCUT2D eigenvalue weighted by atomic mass is 9.76. The normalized spacial score (nSPS) is 27.9. The van der Waals surface area contributed by atoms with Gasteiger partial charge in [-0.3, -0.25) is 14.7 Å². The molecule has 33 heavy (non-hydrogen) atoms. The molecule has 2 unspecified atom stereocenters. The van der Waals surface area contributed by atoms with Gasteiger partial charge >= 0.3 is 6.09 Å². The minimum atomic E-state index is -0.474. The Bertz CT molecular complexity index is 1120. The molecular weight excluding hydrogens is 431 g/mol. The van der Waals surface area contributed by atoms with Crippen LogP contribution in [0.5, 0.6) is 5.88 Å². The Labute approximate surface area is 188 Å². The predicted molar refractivity (Wildman–Crippen MR) is 114 cm³/mol. The largest absolute Gasteiger partial charge is 0.465 e. The van der Waals surface area contributed by atoms with Gasteiger partial charge in [-0.05, 0) is 43.7 Å². The molecule has 10 nitrogen and oxygen atoms in total. The van der Waals surface area contributed by atoms with E-state index in [0.717, 1.165) is 36.1 Å². The SMILES string of the molecule is Cc1ncc(F)c2c1CC(NC1CC(C3CN(c4cnc5c(n4)NC(=O)CO5)C(=O)O3)C1)C2. The number of anilines is 2. The monoisotopic (exact) mass is 454 g/mol. The van der Waals surface area contributed by atoms with Crippen molar-refractivity contribution in [2.45, 2.75) is 50.8 Å². The molecule has 0 radical (unpaired) electrons. The van der Waals surface area contributed by atoms with Crippen LogP contribution in [0.15, 0.2) is 12.4 Å². The number of cyclic esters (lactones) is 1. The van der Waals surface area contributed by atoms with Gasteiger partial charge in [-0.15, -0.1) is 0 Å². The Morgan fingerprint density at radius 1 is 1.15 bits per heavy atom. The molecule has 11 heteroatoms. The first-order valence-corrected chi connectivity index (χ1v) is 11.1. The van der Waals surface area contributed by atoms with Crippen molar-refractivity contribution in [3.8, 4) is 5.88 Å². The summed E-state index contributed by atoms with van der Waals surface area (Å²) in [7, 11) is 0. The number of ether oxygens (including phenoxy) is 2. The van der Waals surface area contributed by atoms with E-state index in [1.54, 1.807) is 0 Å². The number of pyridine rings is 1. The lowest BCUT2D eigenvalue weighted by molar-refractivity contribution is -0.118. The van der Waals surface area contributed by atoms with Crippen LogP contribution in [0.2, 0.25) is 0 Å². The van der Waals surface area contributed by atoms with E-state index in [1.165, 1.54) is 17.3 Å². The molecule has 2 fully saturated rings. The Kier molecular flexibility index (Phi) is 4.68. The fourth-order valence-electron chi connectivity index (χ4n) is 5.19. The third kappa shape index (κ3) is 3.56. The molecule has 1 saturated heterocycles. The Morgan fingerprint density at radius 3 is 2.79 bits per heavy atom. The van der Waals surface area contributed by atoms with Crippen LogP contribution in [0.4, 0.5) is 20.8 Å². The quantitative estimate of drug-likeness (QED) is 0.714. The van der Waals surface area contributed by atoms with E-state index in [0.29, 0.717) is 24.8 Å². The maximum Gasteiger partial charge on any atom is 0.416 e. The van der Waals surface area contributed by atoms with Crippen LogP contribution < -0.4 is 20.3 Å². The lowest BCUT2D eigenvalue weighted by Crippen LogP contribution is -2.50. The molecule has 2 aliphatic carbocycles. The summed E-state index contributed by atoms with van der Waals surface area (Å²) in [6, 6.07) is 0.517. The van der Waals surface area contributed by atoms with Gasteiger partial charge in [0.15, 0.2) is 18.2 Å². The van der Waals surface area contributed by atoms with Gasteiger partial charge in [-0.1, -0.05) is 0 Å². The van der Waals surface area contributed by atoms with Crippen molar-refractivity contribution in [1.82, 2.24) is 20.3 Å². The van der Waals surface area contributed by atoms with Gasteiger partial charge in [0, 0.05) is 23.7 Å². The summed E-state index contributed by atoms with van der Waals surface area (Å²) in [6.45, 7) is 2.20. The second-order valence-corrected chi connectivity index (χ2v) is 9.10. The van der Waals surface area contributed by atoms with E-state index in [1.807, 2.05) is 6.92 Å². The molecule has 0 aromatic carbocycles. The third-order valence-electron chi connectivity index (χ3n) is 6.97. The summed E-state index contributed by atoms with van der Waals surface area (Å²) in [4.78, 5) is 38.0. The molecule has 6 rings (SSSR count). The number of hydrogen-bond acceptors (Lipinski definition) is 8. The van der Waals surface area contributed by atoms with Crippen molar-refractivity contribution < 1.29 is 23.5 Å². The molecule has 2 aliphatic heterocycles. The zero-order valence-corrected chi connectivity index (χ0v) is 18.0. The molecule has 172 valence electrons. The minimum absolute atomic E-state index is 0.107. The maximum absolute atomic E-state index is 14.1. The van der Waals surface area contributed by atoms with Crippen LogP contribution in [0.25, 0.3) is 0 Å². The first kappa shape index (κ1) is 20.3. The van der Waals surface area contributed by atoms with Crippen molar-refractivity contribution in [1.29, 1.82) is 0 Å². The van der Waals surface area contributed by atoms with Crippen LogP contribution in [-0.2, 0) is 22.4 Å². The number of aryl methyl sites for hydroxylation is 1. The van der Waals surface area contributed by atoms with E-state index in [9.17, 15) is 14.0 Å². The molecule has 0 bridgehead atoms. The Balaban J connectivity index is 1.05. The number of rotatable bonds is 4. The maximum atomic E-state index is 14.1. The van der Waals surface area contributed by atoms with Crippen molar-refractivity contribution in [2.75, 3.05) is 23.4 Å². The molecule has 0 spiro atoms. The van der Waals surface area contributed by atoms with E-state index < -0.39 is 6.09 Å².